The zero-order valence-corrected chi connectivity index (χ0v) is 13.0. The van der Waals surface area contributed by atoms with Crippen molar-refractivity contribution in [3.05, 3.63) is 28.8 Å². The molecule has 0 aliphatic heterocycles. The van der Waals surface area contributed by atoms with Crippen molar-refractivity contribution in [3.8, 4) is 0 Å². The number of methoxy groups -OCH3 is 1. The van der Waals surface area contributed by atoms with Crippen LogP contribution < -0.4 is 10.0 Å². The molecule has 0 aromatic heterocycles. The van der Waals surface area contributed by atoms with Crippen molar-refractivity contribution in [2.45, 2.75) is 13.0 Å². The maximum absolute atomic E-state index is 12.1. The van der Waals surface area contributed by atoms with Crippen LogP contribution in [-0.2, 0) is 14.8 Å². The molecule has 0 radical (unpaired) electrons. The molecule has 0 bridgehead atoms. The Morgan fingerprint density at radius 3 is 2.65 bits per heavy atom. The van der Waals surface area contributed by atoms with Crippen molar-refractivity contribution < 1.29 is 17.9 Å². The molecule has 0 saturated heterocycles. The van der Waals surface area contributed by atoms with Gasteiger partial charge in [0.25, 0.3) is 5.91 Å². The highest BCUT2D eigenvalue weighted by Gasteiger charge is 2.16. The predicted octanol–water partition coefficient (Wildman–Crippen LogP) is 1.48. The maximum atomic E-state index is 12.1. The number of anilines is 1. The summed E-state index contributed by atoms with van der Waals surface area (Å²) >= 11 is 5.85. The number of carbonyl (C=O) groups excluding carboxylic acids is 1. The lowest BCUT2D eigenvalue weighted by Gasteiger charge is -2.15. The quantitative estimate of drug-likeness (QED) is 0.831. The minimum atomic E-state index is -3.48. The molecular weight excluding hydrogens is 304 g/mol. The molecule has 1 atom stereocenters. The molecule has 0 aliphatic rings. The molecule has 2 N–H and O–H groups in total. The van der Waals surface area contributed by atoms with Crippen LogP contribution in [0, 0.1) is 0 Å². The van der Waals surface area contributed by atoms with Crippen LogP contribution in [0.25, 0.3) is 0 Å². The van der Waals surface area contributed by atoms with Gasteiger partial charge in [-0.3, -0.25) is 9.52 Å². The number of hydrogen-bond acceptors (Lipinski definition) is 4. The van der Waals surface area contributed by atoms with E-state index < -0.39 is 15.9 Å². The number of rotatable bonds is 6. The van der Waals surface area contributed by atoms with Crippen molar-refractivity contribution in [1.29, 1.82) is 0 Å². The number of nitrogens with one attached hydrogen (secondary N) is 2. The highest BCUT2D eigenvalue weighted by molar-refractivity contribution is 7.92. The van der Waals surface area contributed by atoms with Gasteiger partial charge in [0.2, 0.25) is 10.0 Å². The summed E-state index contributed by atoms with van der Waals surface area (Å²) in [4.78, 5) is 12.1. The standard InChI is InChI=1S/C12H17ClN2O4S/c1-8(7-19-2)14-12(16)10-6-9(13)4-5-11(10)15-20(3,17)18/h4-6,8,15H,7H2,1-3H3,(H,14,16). The summed E-state index contributed by atoms with van der Waals surface area (Å²) in [6.07, 6.45) is 1.01. The number of hydrogen-bond donors (Lipinski definition) is 2. The lowest BCUT2D eigenvalue weighted by Crippen LogP contribution is -2.36. The summed E-state index contributed by atoms with van der Waals surface area (Å²) in [5, 5.41) is 3.03. The maximum Gasteiger partial charge on any atom is 0.253 e. The fourth-order valence-electron chi connectivity index (χ4n) is 1.59. The molecule has 0 spiro atoms. The van der Waals surface area contributed by atoms with Crippen molar-refractivity contribution in [2.75, 3.05) is 24.7 Å². The van der Waals surface area contributed by atoms with Gasteiger partial charge < -0.3 is 10.1 Å². The lowest BCUT2D eigenvalue weighted by molar-refractivity contribution is 0.0906. The number of benzene rings is 1. The topological polar surface area (TPSA) is 84.5 Å². The Morgan fingerprint density at radius 2 is 2.10 bits per heavy atom. The van der Waals surface area contributed by atoms with Gasteiger partial charge in [0.1, 0.15) is 0 Å². The van der Waals surface area contributed by atoms with Crippen LogP contribution in [0.5, 0.6) is 0 Å². The van der Waals surface area contributed by atoms with Gasteiger partial charge in [-0.1, -0.05) is 11.6 Å². The fraction of sp³-hybridized carbons (Fsp3) is 0.417. The van der Waals surface area contributed by atoms with Crippen molar-refractivity contribution in [2.24, 2.45) is 0 Å². The van der Waals surface area contributed by atoms with Crippen LogP contribution in [0.2, 0.25) is 5.02 Å². The molecule has 0 aliphatic carbocycles. The Hall–Kier alpha value is -1.31. The summed E-state index contributed by atoms with van der Waals surface area (Å²) in [5.74, 6) is -0.428. The van der Waals surface area contributed by atoms with Gasteiger partial charge in [-0.15, -0.1) is 0 Å². The third-order valence-corrected chi connectivity index (χ3v) is 3.14. The van der Waals surface area contributed by atoms with E-state index in [0.29, 0.717) is 11.6 Å². The second kappa shape index (κ2) is 6.92. The normalized spacial score (nSPS) is 12.8. The molecular formula is C12H17ClN2O4S. The van der Waals surface area contributed by atoms with E-state index in [4.69, 9.17) is 16.3 Å². The van der Waals surface area contributed by atoms with Crippen LogP contribution in [0.4, 0.5) is 5.69 Å². The molecule has 6 nitrogen and oxygen atoms in total. The van der Waals surface area contributed by atoms with E-state index in [-0.39, 0.29) is 17.3 Å². The van der Waals surface area contributed by atoms with Gasteiger partial charge in [-0.25, -0.2) is 8.42 Å². The summed E-state index contributed by atoms with van der Waals surface area (Å²) in [5.41, 5.74) is 0.338. The van der Waals surface area contributed by atoms with E-state index in [2.05, 4.69) is 10.0 Å². The molecule has 0 heterocycles. The van der Waals surface area contributed by atoms with E-state index in [1.807, 2.05) is 0 Å². The molecule has 20 heavy (non-hydrogen) atoms. The lowest BCUT2D eigenvalue weighted by atomic mass is 10.1. The smallest absolute Gasteiger partial charge is 0.253 e. The van der Waals surface area contributed by atoms with E-state index in [1.54, 1.807) is 6.92 Å². The van der Waals surface area contributed by atoms with Crippen molar-refractivity contribution in [3.63, 3.8) is 0 Å². The molecule has 1 rings (SSSR count). The van der Waals surface area contributed by atoms with Gasteiger partial charge in [-0.05, 0) is 25.1 Å². The number of amides is 1. The first-order valence-corrected chi connectivity index (χ1v) is 8.07. The van der Waals surface area contributed by atoms with Gasteiger partial charge >= 0.3 is 0 Å². The Balaban J connectivity index is 3.02. The summed E-state index contributed by atoms with van der Waals surface area (Å²) in [6, 6.07) is 4.14. The number of sulfonamides is 1. The number of ether oxygens (including phenoxy) is 1. The Morgan fingerprint density at radius 1 is 1.45 bits per heavy atom. The van der Waals surface area contributed by atoms with Crippen LogP contribution in [0.15, 0.2) is 18.2 Å². The third kappa shape index (κ3) is 5.36. The molecule has 1 aromatic carbocycles. The average Bonchev–Trinajstić information content (AvgIpc) is 2.29. The second-order valence-corrected chi connectivity index (χ2v) is 6.58. The van der Waals surface area contributed by atoms with Crippen LogP contribution in [-0.4, -0.2) is 40.3 Å². The van der Waals surface area contributed by atoms with E-state index >= 15 is 0 Å². The largest absolute Gasteiger partial charge is 0.383 e. The minimum Gasteiger partial charge on any atom is -0.383 e. The zero-order valence-electron chi connectivity index (χ0n) is 11.4. The highest BCUT2D eigenvalue weighted by Crippen LogP contribution is 2.21. The number of halogens is 1. The first kappa shape index (κ1) is 16.7. The van der Waals surface area contributed by atoms with Crippen LogP contribution in [0.1, 0.15) is 17.3 Å². The molecule has 0 saturated carbocycles. The molecule has 1 unspecified atom stereocenters. The Kier molecular flexibility index (Phi) is 5.79. The van der Waals surface area contributed by atoms with Gasteiger partial charge in [-0.2, -0.15) is 0 Å². The molecule has 8 heteroatoms. The average molecular weight is 321 g/mol. The van der Waals surface area contributed by atoms with E-state index in [1.165, 1.54) is 25.3 Å². The van der Waals surface area contributed by atoms with Gasteiger partial charge in [0, 0.05) is 18.2 Å². The summed E-state index contributed by atoms with van der Waals surface area (Å²) in [6.45, 7) is 2.12. The Labute approximate surface area is 123 Å². The van der Waals surface area contributed by atoms with Crippen LogP contribution >= 0.6 is 11.6 Å². The first-order valence-electron chi connectivity index (χ1n) is 5.80. The predicted molar refractivity (Wildman–Crippen MR) is 78.7 cm³/mol. The van der Waals surface area contributed by atoms with E-state index in [9.17, 15) is 13.2 Å². The molecule has 0 fully saturated rings. The highest BCUT2D eigenvalue weighted by atomic mass is 35.5. The van der Waals surface area contributed by atoms with E-state index in [0.717, 1.165) is 6.26 Å². The molecule has 1 aromatic rings. The zero-order chi connectivity index (χ0) is 15.3. The van der Waals surface area contributed by atoms with Crippen molar-refractivity contribution in [1.82, 2.24) is 5.32 Å². The van der Waals surface area contributed by atoms with Crippen LogP contribution in [0.3, 0.4) is 0 Å². The third-order valence-electron chi connectivity index (χ3n) is 2.32. The number of carbonyl (C=O) groups is 1. The first-order chi connectivity index (χ1) is 9.23. The minimum absolute atomic E-state index is 0.158. The summed E-state index contributed by atoms with van der Waals surface area (Å²) in [7, 11) is -1.96. The fourth-order valence-corrected chi connectivity index (χ4v) is 2.34. The molecule has 112 valence electrons. The van der Waals surface area contributed by atoms with Gasteiger partial charge in [0.15, 0.2) is 0 Å². The molecule has 1 amide bonds. The monoisotopic (exact) mass is 320 g/mol. The Bertz CT molecular complexity index is 589. The second-order valence-electron chi connectivity index (χ2n) is 4.39. The SMILES string of the molecule is COCC(C)NC(=O)c1cc(Cl)ccc1NS(C)(=O)=O. The van der Waals surface area contributed by atoms with Gasteiger partial charge in [0.05, 0.1) is 24.1 Å². The summed E-state index contributed by atoms with van der Waals surface area (Å²) < 4.78 is 29.8. The van der Waals surface area contributed by atoms with Crippen molar-refractivity contribution >= 4 is 33.2 Å².